The van der Waals surface area contributed by atoms with Crippen molar-refractivity contribution >= 4 is 17.6 Å². The predicted octanol–water partition coefficient (Wildman–Crippen LogP) is 3.20. The molecule has 0 amide bonds. The Hall–Kier alpha value is -1.84. The molecule has 2 rings (SSSR count). The number of carboxylic acids is 1. The van der Waals surface area contributed by atoms with Gasteiger partial charge in [0.25, 0.3) is 0 Å². The third-order valence-electron chi connectivity index (χ3n) is 2.64. The minimum atomic E-state index is -0.972. The molecule has 0 saturated carbocycles. The molecule has 2 aromatic carbocycles. The number of aliphatic hydroxyl groups excluding tert-OH is 1. The van der Waals surface area contributed by atoms with Crippen LogP contribution < -0.4 is 0 Å². The van der Waals surface area contributed by atoms with Gasteiger partial charge in [0, 0.05) is 10.6 Å². The fourth-order valence-electron chi connectivity index (χ4n) is 1.71. The average molecular weight is 263 g/mol. The number of hydrogen-bond acceptors (Lipinski definition) is 2. The second-order valence-corrected chi connectivity index (χ2v) is 4.27. The van der Waals surface area contributed by atoms with Crippen LogP contribution in [-0.4, -0.2) is 16.2 Å². The van der Waals surface area contributed by atoms with Gasteiger partial charge in [-0.1, -0.05) is 35.9 Å². The van der Waals surface area contributed by atoms with Crippen LogP contribution >= 0.6 is 11.6 Å². The van der Waals surface area contributed by atoms with E-state index >= 15 is 0 Å². The Balaban J connectivity index is 2.48. The molecule has 0 saturated heterocycles. The molecule has 0 fully saturated rings. The minimum Gasteiger partial charge on any atom is -0.478 e. The topological polar surface area (TPSA) is 57.5 Å². The lowest BCUT2D eigenvalue weighted by Crippen LogP contribution is -1.96. The lowest BCUT2D eigenvalue weighted by molar-refractivity contribution is 0.0697. The summed E-state index contributed by atoms with van der Waals surface area (Å²) in [6.07, 6.45) is 0. The van der Waals surface area contributed by atoms with Gasteiger partial charge in [0.1, 0.15) is 0 Å². The third kappa shape index (κ3) is 2.53. The molecule has 18 heavy (non-hydrogen) atoms. The van der Waals surface area contributed by atoms with E-state index in [2.05, 4.69) is 0 Å². The minimum absolute atomic E-state index is 0.0742. The highest BCUT2D eigenvalue weighted by Crippen LogP contribution is 2.29. The smallest absolute Gasteiger partial charge is 0.335 e. The van der Waals surface area contributed by atoms with Crippen molar-refractivity contribution in [1.82, 2.24) is 0 Å². The van der Waals surface area contributed by atoms with Crippen molar-refractivity contribution < 1.29 is 15.0 Å². The molecular formula is C14H11ClO3. The first-order valence-corrected chi connectivity index (χ1v) is 5.72. The summed E-state index contributed by atoms with van der Waals surface area (Å²) in [5, 5.41) is 18.4. The maximum Gasteiger partial charge on any atom is 0.335 e. The van der Waals surface area contributed by atoms with Gasteiger partial charge in [0.2, 0.25) is 0 Å². The molecule has 0 atom stereocenters. The predicted molar refractivity (Wildman–Crippen MR) is 69.8 cm³/mol. The first-order chi connectivity index (χ1) is 8.61. The summed E-state index contributed by atoms with van der Waals surface area (Å²) in [7, 11) is 0. The van der Waals surface area contributed by atoms with E-state index in [0.717, 1.165) is 16.7 Å². The molecule has 0 bridgehead atoms. The van der Waals surface area contributed by atoms with E-state index in [1.807, 2.05) is 0 Å². The summed E-state index contributed by atoms with van der Waals surface area (Å²) in [5.74, 6) is -0.972. The van der Waals surface area contributed by atoms with Crippen LogP contribution in [0.2, 0.25) is 5.02 Å². The van der Waals surface area contributed by atoms with Gasteiger partial charge >= 0.3 is 5.97 Å². The van der Waals surface area contributed by atoms with Gasteiger partial charge in [0.15, 0.2) is 0 Å². The van der Waals surface area contributed by atoms with E-state index in [-0.39, 0.29) is 12.2 Å². The van der Waals surface area contributed by atoms with Crippen molar-refractivity contribution in [3.8, 4) is 11.1 Å². The SMILES string of the molecule is O=C(O)c1cccc(-c2ccc(CO)cc2Cl)c1. The Labute approximate surface area is 109 Å². The normalized spacial score (nSPS) is 10.3. The molecule has 0 aliphatic heterocycles. The van der Waals surface area contributed by atoms with Crippen molar-refractivity contribution in [2.24, 2.45) is 0 Å². The van der Waals surface area contributed by atoms with Gasteiger partial charge in [-0.3, -0.25) is 0 Å². The highest BCUT2D eigenvalue weighted by Gasteiger charge is 2.08. The lowest BCUT2D eigenvalue weighted by atomic mass is 10.0. The van der Waals surface area contributed by atoms with Crippen LogP contribution in [0.1, 0.15) is 15.9 Å². The number of carboxylic acid groups (broad SMARTS) is 1. The van der Waals surface area contributed by atoms with Crippen molar-refractivity contribution in [3.63, 3.8) is 0 Å². The zero-order valence-corrected chi connectivity index (χ0v) is 10.2. The fraction of sp³-hybridized carbons (Fsp3) is 0.0714. The first-order valence-electron chi connectivity index (χ1n) is 5.35. The van der Waals surface area contributed by atoms with Crippen LogP contribution in [-0.2, 0) is 6.61 Å². The molecule has 4 heteroatoms. The summed E-state index contributed by atoms with van der Waals surface area (Å²) in [6, 6.07) is 11.8. The molecule has 0 heterocycles. The molecule has 0 unspecified atom stereocenters. The first kappa shape index (κ1) is 12.6. The van der Waals surface area contributed by atoms with Gasteiger partial charge in [-0.15, -0.1) is 0 Å². The number of hydrogen-bond donors (Lipinski definition) is 2. The van der Waals surface area contributed by atoms with Crippen molar-refractivity contribution in [2.75, 3.05) is 0 Å². The largest absolute Gasteiger partial charge is 0.478 e. The van der Waals surface area contributed by atoms with Crippen molar-refractivity contribution in [2.45, 2.75) is 6.61 Å². The molecular weight excluding hydrogens is 252 g/mol. The van der Waals surface area contributed by atoms with Gasteiger partial charge in [-0.25, -0.2) is 4.79 Å². The standard InChI is InChI=1S/C14H11ClO3/c15-13-6-9(8-16)4-5-12(13)10-2-1-3-11(7-10)14(17)18/h1-7,16H,8H2,(H,17,18). The molecule has 92 valence electrons. The van der Waals surface area contributed by atoms with E-state index < -0.39 is 5.97 Å². The Morgan fingerprint density at radius 3 is 2.56 bits per heavy atom. The summed E-state index contributed by atoms with van der Waals surface area (Å²) in [4.78, 5) is 10.9. The fourth-order valence-corrected chi connectivity index (χ4v) is 2.02. The Morgan fingerprint density at radius 2 is 1.94 bits per heavy atom. The summed E-state index contributed by atoms with van der Waals surface area (Å²) in [6.45, 7) is -0.0742. The van der Waals surface area contributed by atoms with Crippen LogP contribution in [0.3, 0.4) is 0 Å². The molecule has 3 nitrogen and oxygen atoms in total. The van der Waals surface area contributed by atoms with E-state index in [4.69, 9.17) is 21.8 Å². The Bertz CT molecular complexity index is 593. The highest BCUT2D eigenvalue weighted by atomic mass is 35.5. The van der Waals surface area contributed by atoms with Crippen LogP contribution in [0.5, 0.6) is 0 Å². The number of aliphatic hydroxyl groups is 1. The van der Waals surface area contributed by atoms with Gasteiger partial charge < -0.3 is 10.2 Å². The summed E-state index contributed by atoms with van der Waals surface area (Å²) < 4.78 is 0. The van der Waals surface area contributed by atoms with E-state index in [9.17, 15) is 4.79 Å². The van der Waals surface area contributed by atoms with Crippen LogP contribution in [0, 0.1) is 0 Å². The van der Waals surface area contributed by atoms with E-state index in [0.29, 0.717) is 5.02 Å². The van der Waals surface area contributed by atoms with Crippen LogP contribution in [0.15, 0.2) is 42.5 Å². The van der Waals surface area contributed by atoms with E-state index in [1.54, 1.807) is 36.4 Å². The van der Waals surface area contributed by atoms with Crippen LogP contribution in [0.25, 0.3) is 11.1 Å². The monoisotopic (exact) mass is 262 g/mol. The van der Waals surface area contributed by atoms with Gasteiger partial charge in [0.05, 0.1) is 12.2 Å². The number of aromatic carboxylic acids is 1. The van der Waals surface area contributed by atoms with Crippen molar-refractivity contribution in [1.29, 1.82) is 0 Å². The molecule has 0 aliphatic carbocycles. The second-order valence-electron chi connectivity index (χ2n) is 3.86. The maximum absolute atomic E-state index is 10.9. The molecule has 0 spiro atoms. The summed E-state index contributed by atoms with van der Waals surface area (Å²) in [5.41, 5.74) is 2.43. The zero-order valence-electron chi connectivity index (χ0n) is 9.43. The molecule has 0 aliphatic rings. The number of rotatable bonds is 3. The lowest BCUT2D eigenvalue weighted by Gasteiger charge is -2.07. The summed E-state index contributed by atoms with van der Waals surface area (Å²) >= 11 is 6.12. The van der Waals surface area contributed by atoms with Crippen LogP contribution in [0.4, 0.5) is 0 Å². The zero-order chi connectivity index (χ0) is 13.1. The molecule has 0 aromatic heterocycles. The van der Waals surface area contributed by atoms with Gasteiger partial charge in [-0.2, -0.15) is 0 Å². The quantitative estimate of drug-likeness (QED) is 0.893. The molecule has 2 aromatic rings. The third-order valence-corrected chi connectivity index (χ3v) is 2.95. The number of benzene rings is 2. The van der Waals surface area contributed by atoms with Gasteiger partial charge in [-0.05, 0) is 29.3 Å². The Kier molecular flexibility index (Phi) is 3.65. The van der Waals surface area contributed by atoms with E-state index in [1.165, 1.54) is 6.07 Å². The Morgan fingerprint density at radius 1 is 1.17 bits per heavy atom. The average Bonchev–Trinajstić information content (AvgIpc) is 2.38. The maximum atomic E-state index is 10.9. The van der Waals surface area contributed by atoms with Crippen molar-refractivity contribution in [3.05, 3.63) is 58.6 Å². The molecule has 0 radical (unpaired) electrons. The second kappa shape index (κ2) is 5.21. The number of carbonyl (C=O) groups is 1. The highest BCUT2D eigenvalue weighted by molar-refractivity contribution is 6.33. The molecule has 2 N–H and O–H groups in total. The number of halogens is 1.